The summed E-state index contributed by atoms with van der Waals surface area (Å²) in [6, 6.07) is 5.00. The number of esters is 1. The molecule has 0 aromatic heterocycles. The van der Waals surface area contributed by atoms with Crippen molar-refractivity contribution in [2.24, 2.45) is 0 Å². The molecule has 1 N–H and O–H groups in total. The number of aliphatic carboxylic acids is 1. The van der Waals surface area contributed by atoms with Crippen molar-refractivity contribution in [2.45, 2.75) is 17.8 Å². The number of rotatable bonds is 3. The van der Waals surface area contributed by atoms with Crippen LogP contribution in [0.5, 0.6) is 0 Å². The van der Waals surface area contributed by atoms with Crippen LogP contribution in [0.15, 0.2) is 24.3 Å². The highest BCUT2D eigenvalue weighted by molar-refractivity contribution is 5.91. The van der Waals surface area contributed by atoms with Crippen LogP contribution in [0.2, 0.25) is 0 Å². The van der Waals surface area contributed by atoms with E-state index in [1.807, 2.05) is 0 Å². The zero-order valence-corrected chi connectivity index (χ0v) is 9.44. The third kappa shape index (κ3) is 1.56. The van der Waals surface area contributed by atoms with E-state index < -0.39 is 29.7 Å². The number of hydrogen-bond donors (Lipinski definition) is 1. The Balaban J connectivity index is 2.36. The highest BCUT2D eigenvalue weighted by Gasteiger charge is 2.77. The van der Waals surface area contributed by atoms with Crippen LogP contribution in [0.4, 0.5) is 8.78 Å². The molecule has 4 nitrogen and oxygen atoms in total. The highest BCUT2D eigenvalue weighted by Crippen LogP contribution is 2.61. The Morgan fingerprint density at radius 3 is 2.11 bits per heavy atom. The number of methoxy groups -OCH3 is 1. The van der Waals surface area contributed by atoms with Gasteiger partial charge in [0.2, 0.25) is 0 Å². The number of alkyl halides is 2. The lowest BCUT2D eigenvalue weighted by Gasteiger charge is -2.11. The fourth-order valence-electron chi connectivity index (χ4n) is 1.97. The average Bonchev–Trinajstić information content (AvgIpc) is 2.93. The molecule has 0 amide bonds. The molecule has 18 heavy (non-hydrogen) atoms. The molecule has 1 saturated carbocycles. The number of halogens is 2. The van der Waals surface area contributed by atoms with E-state index in [0.29, 0.717) is 0 Å². The van der Waals surface area contributed by atoms with Crippen molar-refractivity contribution in [3.8, 4) is 0 Å². The molecule has 1 aliphatic rings. The van der Waals surface area contributed by atoms with Crippen molar-refractivity contribution < 1.29 is 28.2 Å². The topological polar surface area (TPSA) is 63.6 Å². The highest BCUT2D eigenvalue weighted by atomic mass is 19.3. The van der Waals surface area contributed by atoms with Crippen LogP contribution < -0.4 is 0 Å². The van der Waals surface area contributed by atoms with Gasteiger partial charge in [-0.3, -0.25) is 4.79 Å². The van der Waals surface area contributed by atoms with E-state index in [2.05, 4.69) is 4.74 Å². The Morgan fingerprint density at radius 2 is 1.78 bits per heavy atom. The molecule has 0 saturated heterocycles. The lowest BCUT2D eigenvalue weighted by molar-refractivity contribution is -0.142. The lowest BCUT2D eigenvalue weighted by Crippen LogP contribution is -2.27. The Kier molecular flexibility index (Phi) is 2.61. The van der Waals surface area contributed by atoms with Crippen LogP contribution >= 0.6 is 0 Å². The summed E-state index contributed by atoms with van der Waals surface area (Å²) < 4.78 is 30.9. The maximum absolute atomic E-state index is 13.2. The molecule has 1 aliphatic carbocycles. The molecule has 2 rings (SSSR count). The second kappa shape index (κ2) is 3.76. The second-order valence-corrected chi connectivity index (χ2v) is 4.16. The van der Waals surface area contributed by atoms with Gasteiger partial charge in [0, 0.05) is 6.42 Å². The summed E-state index contributed by atoms with van der Waals surface area (Å²) in [5, 5.41) is 8.95. The van der Waals surface area contributed by atoms with Crippen LogP contribution in [-0.2, 0) is 14.9 Å². The van der Waals surface area contributed by atoms with Gasteiger partial charge in [-0.1, -0.05) is 12.1 Å². The van der Waals surface area contributed by atoms with Gasteiger partial charge in [-0.2, -0.15) is 0 Å². The summed E-state index contributed by atoms with van der Waals surface area (Å²) in [5.41, 5.74) is -1.97. The van der Waals surface area contributed by atoms with Gasteiger partial charge < -0.3 is 9.84 Å². The van der Waals surface area contributed by atoms with Crippen molar-refractivity contribution in [1.29, 1.82) is 0 Å². The first-order valence-corrected chi connectivity index (χ1v) is 5.15. The van der Waals surface area contributed by atoms with E-state index in [4.69, 9.17) is 5.11 Å². The third-order valence-corrected chi connectivity index (χ3v) is 3.15. The minimum atomic E-state index is -3.24. The zero-order valence-electron chi connectivity index (χ0n) is 9.44. The maximum Gasteiger partial charge on any atom is 0.337 e. The summed E-state index contributed by atoms with van der Waals surface area (Å²) >= 11 is 0. The molecule has 0 bridgehead atoms. The summed E-state index contributed by atoms with van der Waals surface area (Å²) in [5.74, 6) is -5.40. The largest absolute Gasteiger partial charge is 0.480 e. The summed E-state index contributed by atoms with van der Waals surface area (Å²) in [4.78, 5) is 22.2. The van der Waals surface area contributed by atoms with Gasteiger partial charge in [-0.15, -0.1) is 0 Å². The van der Waals surface area contributed by atoms with Crippen molar-refractivity contribution in [1.82, 2.24) is 0 Å². The summed E-state index contributed by atoms with van der Waals surface area (Å²) in [6.07, 6.45) is -0.715. The van der Waals surface area contributed by atoms with E-state index in [0.717, 1.165) is 0 Å². The van der Waals surface area contributed by atoms with Crippen molar-refractivity contribution >= 4 is 11.9 Å². The minimum absolute atomic E-state index is 0.00680. The van der Waals surface area contributed by atoms with E-state index >= 15 is 0 Å². The molecule has 1 aromatic carbocycles. The normalized spacial score (nSPS) is 24.4. The van der Waals surface area contributed by atoms with Crippen LogP contribution in [0, 0.1) is 0 Å². The summed E-state index contributed by atoms with van der Waals surface area (Å²) in [7, 11) is 1.20. The number of ether oxygens (including phenoxy) is 1. The molecular weight excluding hydrogens is 246 g/mol. The first-order valence-electron chi connectivity index (χ1n) is 5.15. The second-order valence-electron chi connectivity index (χ2n) is 4.16. The maximum atomic E-state index is 13.2. The number of carboxylic acids is 1. The molecule has 1 atom stereocenters. The average molecular weight is 256 g/mol. The molecular formula is C12H10F2O4. The lowest BCUT2D eigenvalue weighted by atomic mass is 9.94. The fraction of sp³-hybridized carbons (Fsp3) is 0.333. The number of hydrogen-bond acceptors (Lipinski definition) is 3. The quantitative estimate of drug-likeness (QED) is 0.838. The van der Waals surface area contributed by atoms with Crippen LogP contribution in [0.1, 0.15) is 22.3 Å². The molecule has 1 unspecified atom stereocenters. The molecule has 0 aliphatic heterocycles. The third-order valence-electron chi connectivity index (χ3n) is 3.15. The SMILES string of the molecule is COC(=O)c1ccc(C2(C(=O)O)CC2(F)F)cc1. The monoisotopic (exact) mass is 256 g/mol. The molecule has 96 valence electrons. The van der Waals surface area contributed by atoms with E-state index in [-0.39, 0.29) is 11.1 Å². The van der Waals surface area contributed by atoms with Crippen LogP contribution in [0.25, 0.3) is 0 Å². The molecule has 0 radical (unpaired) electrons. The molecule has 1 fully saturated rings. The van der Waals surface area contributed by atoms with Gasteiger partial charge in [0.1, 0.15) is 0 Å². The Morgan fingerprint density at radius 1 is 1.28 bits per heavy atom. The number of carbonyl (C=O) groups is 2. The van der Waals surface area contributed by atoms with E-state index in [9.17, 15) is 18.4 Å². The van der Waals surface area contributed by atoms with Gasteiger partial charge in [0.15, 0.2) is 5.41 Å². The van der Waals surface area contributed by atoms with E-state index in [1.165, 1.54) is 31.4 Å². The van der Waals surface area contributed by atoms with Crippen LogP contribution in [-0.4, -0.2) is 30.1 Å². The number of benzene rings is 1. The van der Waals surface area contributed by atoms with Gasteiger partial charge in [0.25, 0.3) is 5.92 Å². The molecule has 0 heterocycles. The molecule has 0 spiro atoms. The minimum Gasteiger partial charge on any atom is -0.480 e. The Labute approximate surface area is 101 Å². The predicted molar refractivity (Wildman–Crippen MR) is 56.7 cm³/mol. The van der Waals surface area contributed by atoms with Crippen molar-refractivity contribution in [2.75, 3.05) is 7.11 Å². The van der Waals surface area contributed by atoms with Crippen molar-refractivity contribution in [3.63, 3.8) is 0 Å². The van der Waals surface area contributed by atoms with E-state index in [1.54, 1.807) is 0 Å². The zero-order chi connectivity index (χ0) is 13.6. The Bertz CT molecular complexity index is 509. The first kappa shape index (κ1) is 12.5. The predicted octanol–water partition coefficient (Wildman–Crippen LogP) is 1.83. The molecule has 1 aromatic rings. The van der Waals surface area contributed by atoms with Crippen molar-refractivity contribution in [3.05, 3.63) is 35.4 Å². The number of carboxylic acid groups (broad SMARTS) is 1. The fourth-order valence-corrected chi connectivity index (χ4v) is 1.97. The van der Waals surface area contributed by atoms with Gasteiger partial charge in [-0.25, -0.2) is 13.6 Å². The molecule has 6 heteroatoms. The number of carbonyl (C=O) groups excluding carboxylic acids is 1. The smallest absolute Gasteiger partial charge is 0.337 e. The first-order chi connectivity index (χ1) is 8.35. The van der Waals surface area contributed by atoms with Gasteiger partial charge >= 0.3 is 11.9 Å². The van der Waals surface area contributed by atoms with Gasteiger partial charge in [0.05, 0.1) is 12.7 Å². The summed E-state index contributed by atoms with van der Waals surface area (Å²) in [6.45, 7) is 0. The Hall–Kier alpha value is -1.98. The standard InChI is InChI=1S/C12H10F2O4/c1-18-9(15)7-2-4-8(5-3-7)11(10(16)17)6-12(11,13)14/h2-5H,6H2,1H3,(H,16,17). The van der Waals surface area contributed by atoms with Crippen LogP contribution in [0.3, 0.4) is 0 Å². The van der Waals surface area contributed by atoms with Gasteiger partial charge in [-0.05, 0) is 17.7 Å².